The van der Waals surface area contributed by atoms with Crippen molar-refractivity contribution in [1.29, 1.82) is 0 Å². The average Bonchev–Trinajstić information content (AvgIpc) is 3.39. The number of aryl methyl sites for hydroxylation is 2. The van der Waals surface area contributed by atoms with Gasteiger partial charge in [0.1, 0.15) is 5.58 Å². The van der Waals surface area contributed by atoms with Gasteiger partial charge >= 0.3 is 0 Å². The zero-order valence-corrected chi connectivity index (χ0v) is 16.6. The molecule has 27 heavy (non-hydrogen) atoms. The number of furan rings is 1. The Morgan fingerprint density at radius 3 is 2.78 bits per heavy atom. The summed E-state index contributed by atoms with van der Waals surface area (Å²) in [6.45, 7) is 2.00. The maximum absolute atomic E-state index is 6.19. The average molecular weight is 371 g/mol. The van der Waals surface area contributed by atoms with Crippen molar-refractivity contribution in [3.8, 4) is 11.3 Å². The van der Waals surface area contributed by atoms with Crippen LogP contribution in [0.3, 0.4) is 0 Å². The van der Waals surface area contributed by atoms with Gasteiger partial charge in [0.2, 0.25) is 5.71 Å². The standard InChI is InChI=1S/C23H22N2OSi/c1-15-7-8-18-17-5-4-6-19(22(17)26-23(18)25-15)20-13-16-9-12-27(10-2-3-11-27)21(16)14-24-20/h4-8,13-14H,2-3,9-12H2,1H3. The molecule has 0 atom stereocenters. The second kappa shape index (κ2) is 5.52. The summed E-state index contributed by atoms with van der Waals surface area (Å²) in [5, 5.41) is 3.85. The summed E-state index contributed by atoms with van der Waals surface area (Å²) >= 11 is 0. The van der Waals surface area contributed by atoms with Crippen molar-refractivity contribution in [2.75, 3.05) is 0 Å². The third kappa shape index (κ3) is 2.19. The van der Waals surface area contributed by atoms with Crippen LogP contribution in [-0.4, -0.2) is 18.0 Å². The quantitative estimate of drug-likeness (QED) is 0.424. The fourth-order valence-electron chi connectivity index (χ4n) is 5.38. The van der Waals surface area contributed by atoms with Crippen molar-refractivity contribution >= 4 is 35.3 Å². The molecule has 1 spiro atoms. The van der Waals surface area contributed by atoms with Crippen LogP contribution in [0.1, 0.15) is 24.1 Å². The number of rotatable bonds is 1. The molecule has 6 rings (SSSR count). The molecule has 0 radical (unpaired) electrons. The highest BCUT2D eigenvalue weighted by atomic mass is 28.3. The van der Waals surface area contributed by atoms with Gasteiger partial charge in [-0.05, 0) is 54.4 Å². The summed E-state index contributed by atoms with van der Waals surface area (Å²) in [6.07, 6.45) is 6.32. The van der Waals surface area contributed by atoms with Crippen molar-refractivity contribution in [3.05, 3.63) is 53.9 Å². The Hall–Kier alpha value is -2.46. The van der Waals surface area contributed by atoms with Crippen molar-refractivity contribution < 1.29 is 4.42 Å². The summed E-state index contributed by atoms with van der Waals surface area (Å²) in [7, 11) is -1.20. The fourth-order valence-corrected chi connectivity index (χ4v) is 10.8. The molecule has 3 nitrogen and oxygen atoms in total. The summed E-state index contributed by atoms with van der Waals surface area (Å²) in [5.41, 5.74) is 6.28. The molecule has 4 heteroatoms. The van der Waals surface area contributed by atoms with Gasteiger partial charge in [0.15, 0.2) is 0 Å². The van der Waals surface area contributed by atoms with Crippen molar-refractivity contribution in [2.24, 2.45) is 0 Å². The molecule has 1 saturated heterocycles. The summed E-state index contributed by atoms with van der Waals surface area (Å²) in [6, 6.07) is 17.2. The molecule has 3 aromatic heterocycles. The summed E-state index contributed by atoms with van der Waals surface area (Å²) < 4.78 is 6.19. The zero-order chi connectivity index (χ0) is 18.0. The molecule has 0 bridgehead atoms. The maximum Gasteiger partial charge on any atom is 0.227 e. The van der Waals surface area contributed by atoms with Crippen LogP contribution in [0.2, 0.25) is 18.1 Å². The van der Waals surface area contributed by atoms with E-state index >= 15 is 0 Å². The van der Waals surface area contributed by atoms with Gasteiger partial charge < -0.3 is 4.42 Å². The molecule has 134 valence electrons. The lowest BCUT2D eigenvalue weighted by molar-refractivity contribution is 0.653. The molecule has 1 aromatic carbocycles. The number of para-hydroxylation sites is 1. The first-order chi connectivity index (χ1) is 13.2. The number of pyridine rings is 2. The Morgan fingerprint density at radius 1 is 1.00 bits per heavy atom. The van der Waals surface area contributed by atoms with Crippen LogP contribution in [0, 0.1) is 6.92 Å². The summed E-state index contributed by atoms with van der Waals surface area (Å²) in [4.78, 5) is 9.50. The molecule has 0 aliphatic carbocycles. The van der Waals surface area contributed by atoms with Gasteiger partial charge in [-0.2, -0.15) is 0 Å². The van der Waals surface area contributed by atoms with E-state index in [1.165, 1.54) is 37.4 Å². The van der Waals surface area contributed by atoms with E-state index in [9.17, 15) is 0 Å². The Balaban J connectivity index is 1.53. The summed E-state index contributed by atoms with van der Waals surface area (Å²) in [5.74, 6) is 0. The van der Waals surface area contributed by atoms with Gasteiger partial charge in [0, 0.05) is 28.2 Å². The van der Waals surface area contributed by atoms with Crippen LogP contribution < -0.4 is 5.19 Å². The zero-order valence-electron chi connectivity index (χ0n) is 15.6. The number of fused-ring (bicyclic) bond motifs is 5. The van der Waals surface area contributed by atoms with Crippen LogP contribution >= 0.6 is 0 Å². The van der Waals surface area contributed by atoms with E-state index < -0.39 is 8.07 Å². The predicted octanol–water partition coefficient (Wildman–Crippen LogP) is 5.36. The lowest BCUT2D eigenvalue weighted by atomic mass is 10.0. The molecular weight excluding hydrogens is 348 g/mol. The smallest absolute Gasteiger partial charge is 0.227 e. The van der Waals surface area contributed by atoms with Crippen LogP contribution in [0.25, 0.3) is 33.3 Å². The molecular formula is C23H22N2OSi. The monoisotopic (exact) mass is 370 g/mol. The molecule has 0 unspecified atom stereocenters. The molecule has 2 aliphatic heterocycles. The van der Waals surface area contributed by atoms with E-state index in [4.69, 9.17) is 9.40 Å². The van der Waals surface area contributed by atoms with E-state index in [1.807, 2.05) is 13.0 Å². The minimum atomic E-state index is -1.20. The number of benzene rings is 1. The van der Waals surface area contributed by atoms with Crippen LogP contribution in [0.5, 0.6) is 0 Å². The van der Waals surface area contributed by atoms with Crippen molar-refractivity contribution in [2.45, 2.75) is 44.3 Å². The highest BCUT2D eigenvalue weighted by molar-refractivity contribution is 6.93. The first-order valence-electron chi connectivity index (χ1n) is 10.0. The highest BCUT2D eigenvalue weighted by Gasteiger charge is 2.43. The van der Waals surface area contributed by atoms with Crippen molar-refractivity contribution in [1.82, 2.24) is 9.97 Å². The van der Waals surface area contributed by atoms with Crippen LogP contribution in [0.4, 0.5) is 0 Å². The fraction of sp³-hybridized carbons (Fsp3) is 0.304. The minimum absolute atomic E-state index is 0.718. The molecule has 4 aromatic rings. The third-order valence-electron chi connectivity index (χ3n) is 6.77. The molecule has 5 heterocycles. The van der Waals surface area contributed by atoms with Crippen molar-refractivity contribution in [3.63, 3.8) is 0 Å². The SMILES string of the molecule is Cc1ccc2c(n1)oc1c(-c3cc4c(cn3)[Si]3(CCCC3)CC4)cccc12. The predicted molar refractivity (Wildman–Crippen MR) is 112 cm³/mol. The molecule has 2 aliphatic rings. The Kier molecular flexibility index (Phi) is 3.19. The molecule has 0 saturated carbocycles. The topological polar surface area (TPSA) is 38.9 Å². The van der Waals surface area contributed by atoms with Gasteiger partial charge in [-0.15, -0.1) is 0 Å². The largest absolute Gasteiger partial charge is 0.437 e. The second-order valence-corrected chi connectivity index (χ2v) is 12.9. The second-order valence-electron chi connectivity index (χ2n) is 8.30. The normalized spacial score (nSPS) is 18.0. The highest BCUT2D eigenvalue weighted by Crippen LogP contribution is 2.40. The minimum Gasteiger partial charge on any atom is -0.437 e. The maximum atomic E-state index is 6.19. The first kappa shape index (κ1) is 15.6. The number of hydrogen-bond donors (Lipinski definition) is 0. The van der Waals surface area contributed by atoms with E-state index in [1.54, 1.807) is 10.8 Å². The first-order valence-corrected chi connectivity index (χ1v) is 12.6. The van der Waals surface area contributed by atoms with E-state index in [-0.39, 0.29) is 0 Å². The lowest BCUT2D eigenvalue weighted by Gasteiger charge is -2.21. The third-order valence-corrected chi connectivity index (χ3v) is 12.2. The number of hydrogen-bond acceptors (Lipinski definition) is 3. The van der Waals surface area contributed by atoms with Gasteiger partial charge in [-0.1, -0.05) is 37.1 Å². The lowest BCUT2D eigenvalue weighted by Crippen LogP contribution is -2.41. The van der Waals surface area contributed by atoms with E-state index in [2.05, 4.69) is 41.5 Å². The molecule has 0 N–H and O–H groups in total. The van der Waals surface area contributed by atoms with Crippen LogP contribution in [-0.2, 0) is 6.42 Å². The van der Waals surface area contributed by atoms with Gasteiger partial charge in [-0.3, -0.25) is 4.98 Å². The van der Waals surface area contributed by atoms with Crippen LogP contribution in [0.15, 0.2) is 47.0 Å². The van der Waals surface area contributed by atoms with Gasteiger partial charge in [0.05, 0.1) is 13.8 Å². The van der Waals surface area contributed by atoms with E-state index in [0.717, 1.165) is 39.0 Å². The van der Waals surface area contributed by atoms with Gasteiger partial charge in [0.25, 0.3) is 0 Å². The number of nitrogens with zero attached hydrogens (tertiary/aromatic N) is 2. The number of aromatic nitrogens is 2. The Labute approximate surface area is 159 Å². The molecule has 0 amide bonds. The van der Waals surface area contributed by atoms with Gasteiger partial charge in [-0.25, -0.2) is 4.98 Å². The Bertz CT molecular complexity index is 1200. The molecule has 1 fully saturated rings. The van der Waals surface area contributed by atoms with E-state index in [0.29, 0.717) is 0 Å². The Morgan fingerprint density at radius 2 is 1.89 bits per heavy atom.